The zero-order valence-corrected chi connectivity index (χ0v) is 10.5. The standard InChI is InChI=1S/C10H12ClNO3S/c1-3-9(10(11)13)16(14,15)8-5-4-7(2)12-6-8/h4-6,9H,3H2,1-2H3. The number of carbonyl (C=O) groups excluding carboxylic acids is 1. The third-order valence-corrected chi connectivity index (χ3v) is 4.80. The van der Waals surface area contributed by atoms with Gasteiger partial charge in [0.05, 0.1) is 4.90 Å². The Balaban J connectivity index is 3.20. The molecule has 0 aromatic carbocycles. The molecular weight excluding hydrogens is 250 g/mol. The zero-order chi connectivity index (χ0) is 12.3. The summed E-state index contributed by atoms with van der Waals surface area (Å²) in [7, 11) is -3.71. The Morgan fingerprint density at radius 1 is 1.50 bits per heavy atom. The number of hydrogen-bond acceptors (Lipinski definition) is 4. The Morgan fingerprint density at radius 2 is 2.12 bits per heavy atom. The molecule has 1 unspecified atom stereocenters. The average molecular weight is 262 g/mol. The first-order valence-electron chi connectivity index (χ1n) is 4.75. The lowest BCUT2D eigenvalue weighted by atomic mass is 10.4. The van der Waals surface area contributed by atoms with E-state index in [1.807, 2.05) is 0 Å². The van der Waals surface area contributed by atoms with Gasteiger partial charge in [-0.15, -0.1) is 0 Å². The Morgan fingerprint density at radius 3 is 2.50 bits per heavy atom. The highest BCUT2D eigenvalue weighted by Gasteiger charge is 2.31. The molecule has 16 heavy (non-hydrogen) atoms. The Labute approximate surface area is 99.6 Å². The summed E-state index contributed by atoms with van der Waals surface area (Å²) in [6, 6.07) is 3.01. The van der Waals surface area contributed by atoms with E-state index < -0.39 is 20.3 Å². The molecule has 0 N–H and O–H groups in total. The van der Waals surface area contributed by atoms with E-state index in [9.17, 15) is 13.2 Å². The van der Waals surface area contributed by atoms with E-state index in [-0.39, 0.29) is 11.3 Å². The number of sulfone groups is 1. The molecule has 1 rings (SSSR count). The number of hydrogen-bond donors (Lipinski definition) is 0. The van der Waals surface area contributed by atoms with Gasteiger partial charge in [-0.1, -0.05) is 6.92 Å². The van der Waals surface area contributed by atoms with Gasteiger partial charge in [-0.25, -0.2) is 8.42 Å². The van der Waals surface area contributed by atoms with E-state index in [0.29, 0.717) is 5.69 Å². The molecule has 88 valence electrons. The number of rotatable bonds is 4. The minimum atomic E-state index is -3.71. The van der Waals surface area contributed by atoms with Crippen molar-refractivity contribution in [2.75, 3.05) is 0 Å². The van der Waals surface area contributed by atoms with Crippen molar-refractivity contribution < 1.29 is 13.2 Å². The molecule has 6 heteroatoms. The van der Waals surface area contributed by atoms with Gasteiger partial charge < -0.3 is 0 Å². The highest BCUT2D eigenvalue weighted by molar-refractivity contribution is 7.93. The lowest BCUT2D eigenvalue weighted by molar-refractivity contribution is -0.111. The Hall–Kier alpha value is -0.940. The van der Waals surface area contributed by atoms with Crippen molar-refractivity contribution in [2.24, 2.45) is 0 Å². The van der Waals surface area contributed by atoms with Gasteiger partial charge in [0.1, 0.15) is 5.25 Å². The Kier molecular flexibility index (Phi) is 4.04. The maximum Gasteiger partial charge on any atom is 0.240 e. The van der Waals surface area contributed by atoms with Crippen molar-refractivity contribution >= 4 is 26.7 Å². The third kappa shape index (κ3) is 2.59. The maximum atomic E-state index is 12.0. The fourth-order valence-electron chi connectivity index (χ4n) is 1.29. The molecule has 0 saturated carbocycles. The van der Waals surface area contributed by atoms with E-state index in [1.54, 1.807) is 19.9 Å². The topological polar surface area (TPSA) is 64.1 Å². The summed E-state index contributed by atoms with van der Waals surface area (Å²) in [5.41, 5.74) is 0.712. The molecule has 1 aromatic rings. The number of aryl methyl sites for hydroxylation is 1. The number of aromatic nitrogens is 1. The summed E-state index contributed by atoms with van der Waals surface area (Å²) in [6.07, 6.45) is 1.39. The maximum absolute atomic E-state index is 12.0. The van der Waals surface area contributed by atoms with Gasteiger partial charge in [0.2, 0.25) is 5.24 Å². The SMILES string of the molecule is CCC(C(=O)Cl)S(=O)(=O)c1ccc(C)nc1. The molecule has 1 heterocycles. The van der Waals surface area contributed by atoms with Crippen LogP contribution < -0.4 is 0 Å². The van der Waals surface area contributed by atoms with Gasteiger partial charge in [-0.2, -0.15) is 0 Å². The van der Waals surface area contributed by atoms with E-state index in [2.05, 4.69) is 4.98 Å². The highest BCUT2D eigenvalue weighted by atomic mass is 35.5. The first-order chi connectivity index (χ1) is 7.39. The molecule has 1 aromatic heterocycles. The van der Waals surface area contributed by atoms with E-state index >= 15 is 0 Å². The molecular formula is C10H12ClNO3S. The number of halogens is 1. The van der Waals surface area contributed by atoms with Gasteiger partial charge in [0.25, 0.3) is 0 Å². The number of nitrogens with zero attached hydrogens (tertiary/aromatic N) is 1. The second kappa shape index (κ2) is 4.93. The smallest absolute Gasteiger partial charge is 0.240 e. The van der Waals surface area contributed by atoms with Crippen LogP contribution in [0.1, 0.15) is 19.0 Å². The van der Waals surface area contributed by atoms with E-state index in [0.717, 1.165) is 0 Å². The van der Waals surface area contributed by atoms with Crippen molar-refractivity contribution in [2.45, 2.75) is 30.4 Å². The van der Waals surface area contributed by atoms with Crippen LogP contribution >= 0.6 is 11.6 Å². The van der Waals surface area contributed by atoms with Gasteiger partial charge in [0.15, 0.2) is 9.84 Å². The quantitative estimate of drug-likeness (QED) is 0.774. The highest BCUT2D eigenvalue weighted by Crippen LogP contribution is 2.19. The first kappa shape index (κ1) is 13.1. The monoisotopic (exact) mass is 261 g/mol. The first-order valence-corrected chi connectivity index (χ1v) is 6.68. The van der Waals surface area contributed by atoms with Crippen LogP contribution in [0.3, 0.4) is 0 Å². The van der Waals surface area contributed by atoms with Gasteiger partial charge in [-0.05, 0) is 37.1 Å². The lowest BCUT2D eigenvalue weighted by Gasteiger charge is -2.11. The second-order valence-corrected chi connectivity index (χ2v) is 5.88. The molecule has 4 nitrogen and oxygen atoms in total. The van der Waals surface area contributed by atoms with Crippen LogP contribution in [0.4, 0.5) is 0 Å². The molecule has 1 atom stereocenters. The van der Waals surface area contributed by atoms with E-state index in [1.165, 1.54) is 12.3 Å². The third-order valence-electron chi connectivity index (χ3n) is 2.21. The summed E-state index contributed by atoms with van der Waals surface area (Å²) < 4.78 is 23.9. The fraction of sp³-hybridized carbons (Fsp3) is 0.400. The molecule has 0 bridgehead atoms. The molecule has 0 radical (unpaired) electrons. The van der Waals surface area contributed by atoms with Crippen molar-refractivity contribution in [1.82, 2.24) is 4.98 Å². The molecule has 0 fully saturated rings. The van der Waals surface area contributed by atoms with Gasteiger partial charge in [-0.3, -0.25) is 9.78 Å². The fourth-order valence-corrected chi connectivity index (χ4v) is 3.26. The van der Waals surface area contributed by atoms with Crippen LogP contribution in [0.15, 0.2) is 23.2 Å². The van der Waals surface area contributed by atoms with Crippen molar-refractivity contribution in [3.63, 3.8) is 0 Å². The predicted octanol–water partition coefficient (Wildman–Crippen LogP) is 1.71. The molecule has 0 saturated heterocycles. The minimum absolute atomic E-state index is 0.0268. The van der Waals surface area contributed by atoms with Crippen LogP contribution in [-0.4, -0.2) is 23.9 Å². The van der Waals surface area contributed by atoms with Crippen LogP contribution in [0.2, 0.25) is 0 Å². The van der Waals surface area contributed by atoms with Gasteiger partial charge in [0, 0.05) is 11.9 Å². The lowest BCUT2D eigenvalue weighted by Crippen LogP contribution is -2.26. The van der Waals surface area contributed by atoms with Gasteiger partial charge >= 0.3 is 0 Å². The molecule has 0 spiro atoms. The van der Waals surface area contributed by atoms with Crippen LogP contribution in [0.25, 0.3) is 0 Å². The van der Waals surface area contributed by atoms with Crippen LogP contribution in [0.5, 0.6) is 0 Å². The average Bonchev–Trinajstić information content (AvgIpc) is 2.18. The molecule has 0 aliphatic carbocycles. The van der Waals surface area contributed by atoms with Crippen molar-refractivity contribution in [3.05, 3.63) is 24.0 Å². The summed E-state index contributed by atoms with van der Waals surface area (Å²) in [5, 5.41) is -2.05. The van der Waals surface area contributed by atoms with Crippen LogP contribution in [0, 0.1) is 6.92 Å². The normalized spacial score (nSPS) is 13.4. The summed E-state index contributed by atoms with van der Waals surface area (Å²) in [5.74, 6) is 0. The summed E-state index contributed by atoms with van der Waals surface area (Å²) in [4.78, 5) is 14.9. The van der Waals surface area contributed by atoms with Crippen molar-refractivity contribution in [3.8, 4) is 0 Å². The largest absolute Gasteiger partial charge is 0.280 e. The predicted molar refractivity (Wildman–Crippen MR) is 61.1 cm³/mol. The summed E-state index contributed by atoms with van der Waals surface area (Å²) in [6.45, 7) is 3.35. The number of carbonyl (C=O) groups is 1. The Bertz CT molecular complexity index is 481. The van der Waals surface area contributed by atoms with Crippen LogP contribution in [-0.2, 0) is 14.6 Å². The molecule has 0 amide bonds. The summed E-state index contributed by atoms with van der Waals surface area (Å²) >= 11 is 5.27. The zero-order valence-electron chi connectivity index (χ0n) is 8.97. The molecule has 0 aliphatic rings. The second-order valence-electron chi connectivity index (χ2n) is 3.38. The minimum Gasteiger partial charge on any atom is -0.280 e. The molecule has 0 aliphatic heterocycles. The van der Waals surface area contributed by atoms with E-state index in [4.69, 9.17) is 11.6 Å². The number of pyridine rings is 1. The van der Waals surface area contributed by atoms with Crippen molar-refractivity contribution in [1.29, 1.82) is 0 Å².